The van der Waals surface area contributed by atoms with Gasteiger partial charge in [0.25, 0.3) is 5.91 Å². The minimum Gasteiger partial charge on any atom is -0.491 e. The van der Waals surface area contributed by atoms with E-state index in [0.29, 0.717) is 18.1 Å². The second-order valence-electron chi connectivity index (χ2n) is 7.00. The first kappa shape index (κ1) is 18.5. The fourth-order valence-corrected chi connectivity index (χ4v) is 3.46. The Labute approximate surface area is 164 Å². The number of carbonyl (C=O) groups is 1. The van der Waals surface area contributed by atoms with Crippen molar-refractivity contribution in [2.45, 2.75) is 38.8 Å². The van der Waals surface area contributed by atoms with Crippen molar-refractivity contribution in [3.8, 4) is 5.75 Å². The summed E-state index contributed by atoms with van der Waals surface area (Å²) >= 11 is 0. The maximum atomic E-state index is 12.7. The highest BCUT2D eigenvalue weighted by atomic mass is 16.5. The summed E-state index contributed by atoms with van der Waals surface area (Å²) in [4.78, 5) is 17.3. The van der Waals surface area contributed by atoms with Gasteiger partial charge in [-0.25, -0.2) is 4.98 Å². The first-order chi connectivity index (χ1) is 13.7. The predicted molar refractivity (Wildman–Crippen MR) is 109 cm³/mol. The van der Waals surface area contributed by atoms with E-state index in [0.717, 1.165) is 49.2 Å². The van der Waals surface area contributed by atoms with Gasteiger partial charge in [-0.05, 0) is 55.7 Å². The first-order valence-electron chi connectivity index (χ1n) is 9.85. The molecule has 1 fully saturated rings. The quantitative estimate of drug-likeness (QED) is 0.666. The third-order valence-corrected chi connectivity index (χ3v) is 4.90. The van der Waals surface area contributed by atoms with E-state index in [1.807, 2.05) is 41.0 Å². The number of para-hydroxylation sites is 2. The van der Waals surface area contributed by atoms with Crippen LogP contribution in [-0.4, -0.2) is 34.8 Å². The maximum Gasteiger partial charge on any atom is 0.257 e. The Balaban J connectivity index is 1.44. The lowest BCUT2D eigenvalue weighted by molar-refractivity contribution is 0.0679. The Morgan fingerprint density at radius 3 is 2.82 bits per heavy atom. The van der Waals surface area contributed by atoms with E-state index in [1.165, 1.54) is 0 Å². The van der Waals surface area contributed by atoms with Crippen molar-refractivity contribution >= 4 is 22.9 Å². The van der Waals surface area contributed by atoms with Gasteiger partial charge in [-0.1, -0.05) is 19.1 Å². The number of aryl methyl sites for hydroxylation is 1. The molecule has 28 heavy (non-hydrogen) atoms. The molecule has 4 rings (SSSR count). The molecule has 1 amide bonds. The number of benzene rings is 2. The molecule has 0 aliphatic carbocycles. The molecule has 2 heterocycles. The standard InChI is InChI=1S/C22H25N3O3/c1-2-13-25-20-8-4-3-7-19(20)23-22(25)24-21(26)16-9-11-17(12-10-16)28-15-18-6-5-14-27-18/h3-4,7-12,18H,2,5-6,13-15H2,1H3,(H,23,24,26)/t18-/m0/s1. The van der Waals surface area contributed by atoms with Crippen molar-refractivity contribution in [2.75, 3.05) is 18.5 Å². The van der Waals surface area contributed by atoms with E-state index < -0.39 is 0 Å². The number of aromatic nitrogens is 2. The van der Waals surface area contributed by atoms with Gasteiger partial charge in [0, 0.05) is 18.7 Å². The number of amides is 1. The lowest BCUT2D eigenvalue weighted by Gasteiger charge is -2.12. The van der Waals surface area contributed by atoms with Crippen LogP contribution in [0.4, 0.5) is 5.95 Å². The van der Waals surface area contributed by atoms with Crippen LogP contribution in [0, 0.1) is 0 Å². The van der Waals surface area contributed by atoms with Crippen LogP contribution in [0.25, 0.3) is 11.0 Å². The fourth-order valence-electron chi connectivity index (χ4n) is 3.46. The molecule has 0 bridgehead atoms. The van der Waals surface area contributed by atoms with Gasteiger partial charge in [-0.3, -0.25) is 10.1 Å². The van der Waals surface area contributed by atoms with E-state index in [4.69, 9.17) is 9.47 Å². The number of nitrogens with one attached hydrogen (secondary N) is 1. The van der Waals surface area contributed by atoms with Crippen LogP contribution in [-0.2, 0) is 11.3 Å². The van der Waals surface area contributed by atoms with Crippen molar-refractivity contribution < 1.29 is 14.3 Å². The molecule has 3 aromatic rings. The van der Waals surface area contributed by atoms with Gasteiger partial charge in [0.05, 0.1) is 17.1 Å². The Morgan fingerprint density at radius 2 is 2.07 bits per heavy atom. The zero-order chi connectivity index (χ0) is 19.3. The molecule has 1 aromatic heterocycles. The summed E-state index contributed by atoms with van der Waals surface area (Å²) in [5, 5.41) is 2.95. The lowest BCUT2D eigenvalue weighted by atomic mass is 10.2. The van der Waals surface area contributed by atoms with Gasteiger partial charge in [0.15, 0.2) is 0 Å². The van der Waals surface area contributed by atoms with Crippen LogP contribution in [0.3, 0.4) is 0 Å². The molecule has 0 radical (unpaired) electrons. The van der Waals surface area contributed by atoms with Gasteiger partial charge in [-0.15, -0.1) is 0 Å². The zero-order valence-electron chi connectivity index (χ0n) is 16.1. The average Bonchev–Trinajstić information content (AvgIpc) is 3.36. The highest BCUT2D eigenvalue weighted by molar-refractivity contribution is 6.04. The van der Waals surface area contributed by atoms with Gasteiger partial charge in [0.1, 0.15) is 12.4 Å². The molecule has 1 aliphatic rings. The number of anilines is 1. The van der Waals surface area contributed by atoms with Gasteiger partial charge in [-0.2, -0.15) is 0 Å². The molecule has 6 nitrogen and oxygen atoms in total. The number of fused-ring (bicyclic) bond motifs is 1. The summed E-state index contributed by atoms with van der Waals surface area (Å²) in [5.74, 6) is 1.13. The normalized spacial score (nSPS) is 16.4. The molecule has 0 saturated carbocycles. The molecule has 2 aromatic carbocycles. The summed E-state index contributed by atoms with van der Waals surface area (Å²) in [7, 11) is 0. The van der Waals surface area contributed by atoms with E-state index in [9.17, 15) is 4.79 Å². The number of hydrogen-bond donors (Lipinski definition) is 1. The molecular weight excluding hydrogens is 354 g/mol. The number of hydrogen-bond acceptors (Lipinski definition) is 4. The van der Waals surface area contributed by atoms with Crippen LogP contribution >= 0.6 is 0 Å². The van der Waals surface area contributed by atoms with E-state index in [-0.39, 0.29) is 12.0 Å². The van der Waals surface area contributed by atoms with Crippen molar-refractivity contribution in [3.63, 3.8) is 0 Å². The minimum absolute atomic E-state index is 0.175. The molecule has 0 spiro atoms. The zero-order valence-corrected chi connectivity index (χ0v) is 16.1. The van der Waals surface area contributed by atoms with Crippen molar-refractivity contribution in [2.24, 2.45) is 0 Å². The molecule has 0 unspecified atom stereocenters. The van der Waals surface area contributed by atoms with Crippen molar-refractivity contribution in [1.82, 2.24) is 9.55 Å². The smallest absolute Gasteiger partial charge is 0.257 e. The largest absolute Gasteiger partial charge is 0.491 e. The first-order valence-corrected chi connectivity index (χ1v) is 9.85. The van der Waals surface area contributed by atoms with Gasteiger partial charge < -0.3 is 14.0 Å². The molecule has 6 heteroatoms. The number of rotatable bonds is 7. The van der Waals surface area contributed by atoms with Gasteiger partial charge >= 0.3 is 0 Å². The van der Waals surface area contributed by atoms with Crippen molar-refractivity contribution in [3.05, 3.63) is 54.1 Å². The molecule has 1 aliphatic heterocycles. The molecular formula is C22H25N3O3. The molecule has 1 N–H and O–H groups in total. The minimum atomic E-state index is -0.182. The third-order valence-electron chi connectivity index (χ3n) is 4.90. The van der Waals surface area contributed by atoms with E-state index in [1.54, 1.807) is 12.1 Å². The Morgan fingerprint density at radius 1 is 1.25 bits per heavy atom. The Hall–Kier alpha value is -2.86. The Kier molecular flexibility index (Phi) is 5.58. The van der Waals surface area contributed by atoms with Crippen LogP contribution in [0.1, 0.15) is 36.5 Å². The highest BCUT2D eigenvalue weighted by Crippen LogP contribution is 2.21. The number of ether oxygens (including phenoxy) is 2. The van der Waals surface area contributed by atoms with Gasteiger partial charge in [0.2, 0.25) is 5.95 Å². The maximum absolute atomic E-state index is 12.7. The number of carbonyl (C=O) groups excluding carboxylic acids is 1. The van der Waals surface area contributed by atoms with Crippen LogP contribution in [0.2, 0.25) is 0 Å². The summed E-state index contributed by atoms with van der Waals surface area (Å²) in [6, 6.07) is 15.1. The molecule has 1 atom stereocenters. The SMILES string of the molecule is CCCn1c(NC(=O)c2ccc(OC[C@@H]3CCCO3)cc2)nc2ccccc21. The topological polar surface area (TPSA) is 65.4 Å². The number of imidazole rings is 1. The predicted octanol–water partition coefficient (Wildman–Crippen LogP) is 4.26. The summed E-state index contributed by atoms with van der Waals surface area (Å²) in [6.07, 6.45) is 3.27. The monoisotopic (exact) mass is 379 g/mol. The Bertz CT molecular complexity index is 943. The summed E-state index contributed by atoms with van der Waals surface area (Å²) in [5.41, 5.74) is 2.47. The van der Waals surface area contributed by atoms with Crippen LogP contribution in [0.5, 0.6) is 5.75 Å². The third kappa shape index (κ3) is 4.02. The second-order valence-corrected chi connectivity index (χ2v) is 7.00. The highest BCUT2D eigenvalue weighted by Gasteiger charge is 2.17. The van der Waals surface area contributed by atoms with Crippen molar-refractivity contribution in [1.29, 1.82) is 0 Å². The molecule has 146 valence electrons. The lowest BCUT2D eigenvalue weighted by Crippen LogP contribution is -2.17. The number of nitrogens with zero attached hydrogens (tertiary/aromatic N) is 2. The van der Waals surface area contributed by atoms with Crippen LogP contribution < -0.4 is 10.1 Å². The summed E-state index contributed by atoms with van der Waals surface area (Å²) < 4.78 is 13.4. The van der Waals surface area contributed by atoms with E-state index in [2.05, 4.69) is 17.2 Å². The second kappa shape index (κ2) is 8.44. The average molecular weight is 379 g/mol. The summed E-state index contributed by atoms with van der Waals surface area (Å²) in [6.45, 7) is 4.27. The van der Waals surface area contributed by atoms with Crippen LogP contribution in [0.15, 0.2) is 48.5 Å². The molecule has 1 saturated heterocycles. The van der Waals surface area contributed by atoms with E-state index >= 15 is 0 Å². The fraction of sp³-hybridized carbons (Fsp3) is 0.364.